The molecule has 23 heavy (non-hydrogen) atoms. The van der Waals surface area contributed by atoms with Gasteiger partial charge in [0.15, 0.2) is 0 Å². The number of allylic oxidation sites excluding steroid dienone is 2. The Bertz CT molecular complexity index is 887. The lowest BCUT2D eigenvalue weighted by Gasteiger charge is -2.10. The summed E-state index contributed by atoms with van der Waals surface area (Å²) in [7, 11) is -3.74. The third kappa shape index (κ3) is 3.18. The molecular weight excluding hydrogens is 320 g/mol. The second kappa shape index (κ2) is 5.86. The van der Waals surface area contributed by atoms with E-state index in [2.05, 4.69) is 0 Å². The third-order valence-corrected chi connectivity index (χ3v) is 4.93. The van der Waals surface area contributed by atoms with E-state index in [1.165, 1.54) is 24.3 Å². The van der Waals surface area contributed by atoms with Crippen LogP contribution in [0.3, 0.4) is 0 Å². The number of hydrogen-bond acceptors (Lipinski definition) is 2. The van der Waals surface area contributed by atoms with E-state index < -0.39 is 21.7 Å². The molecule has 0 aromatic heterocycles. The molecule has 2 N–H and O–H groups in total. The lowest BCUT2D eigenvalue weighted by atomic mass is 9.97. The maximum Gasteiger partial charge on any atom is 0.238 e. The molecule has 3 rings (SSSR count). The highest BCUT2D eigenvalue weighted by atomic mass is 32.2. The maximum absolute atomic E-state index is 14.0. The molecule has 0 fully saturated rings. The van der Waals surface area contributed by atoms with Gasteiger partial charge in [-0.15, -0.1) is 0 Å². The molecule has 0 atom stereocenters. The standard InChI is InChI=1S/C17H15F2NO2S/c18-12-6-9-16(17(19)10-12)15-3-1-2-14(15)11-4-7-13(8-5-11)23(20,21)22/h4-10H,1-3H2,(H2,20,21,22). The molecule has 0 unspecified atom stereocenters. The van der Waals surface area contributed by atoms with Crippen molar-refractivity contribution in [2.45, 2.75) is 24.2 Å². The molecule has 0 aliphatic heterocycles. The van der Waals surface area contributed by atoms with Crippen LogP contribution in [0.15, 0.2) is 47.4 Å². The summed E-state index contributed by atoms with van der Waals surface area (Å²) in [6, 6.07) is 9.78. The summed E-state index contributed by atoms with van der Waals surface area (Å²) in [5, 5.41) is 5.09. The summed E-state index contributed by atoms with van der Waals surface area (Å²) < 4.78 is 49.7. The first-order valence-electron chi connectivity index (χ1n) is 7.17. The Morgan fingerprint density at radius 3 is 2.17 bits per heavy atom. The Kier molecular flexibility index (Phi) is 4.04. The van der Waals surface area contributed by atoms with Gasteiger partial charge in [-0.25, -0.2) is 22.3 Å². The van der Waals surface area contributed by atoms with Crippen LogP contribution < -0.4 is 5.14 Å². The highest BCUT2D eigenvalue weighted by Gasteiger charge is 2.20. The van der Waals surface area contributed by atoms with Gasteiger partial charge in [-0.2, -0.15) is 0 Å². The van der Waals surface area contributed by atoms with E-state index >= 15 is 0 Å². The first-order chi connectivity index (χ1) is 10.9. The van der Waals surface area contributed by atoms with Crippen molar-refractivity contribution in [1.82, 2.24) is 0 Å². The fourth-order valence-electron chi connectivity index (χ4n) is 2.94. The van der Waals surface area contributed by atoms with E-state index in [1.54, 1.807) is 12.1 Å². The van der Waals surface area contributed by atoms with Crippen LogP contribution in [0, 0.1) is 11.6 Å². The van der Waals surface area contributed by atoms with E-state index in [9.17, 15) is 17.2 Å². The zero-order valence-electron chi connectivity index (χ0n) is 12.2. The molecular formula is C17H15F2NO2S. The normalized spacial score (nSPS) is 15.3. The van der Waals surface area contributed by atoms with Gasteiger partial charge in [0.25, 0.3) is 0 Å². The lowest BCUT2D eigenvalue weighted by molar-refractivity contribution is 0.580. The fraction of sp³-hybridized carbons (Fsp3) is 0.176. The lowest BCUT2D eigenvalue weighted by Crippen LogP contribution is -2.11. The minimum absolute atomic E-state index is 0.0364. The second-order valence-electron chi connectivity index (χ2n) is 5.50. The van der Waals surface area contributed by atoms with Gasteiger partial charge >= 0.3 is 0 Å². The predicted molar refractivity (Wildman–Crippen MR) is 84.8 cm³/mol. The first-order valence-corrected chi connectivity index (χ1v) is 8.71. The quantitative estimate of drug-likeness (QED) is 0.929. The average Bonchev–Trinajstić information content (AvgIpc) is 2.95. The maximum atomic E-state index is 14.0. The molecule has 2 aromatic carbocycles. The Morgan fingerprint density at radius 2 is 1.57 bits per heavy atom. The van der Waals surface area contributed by atoms with Crippen LogP contribution >= 0.6 is 0 Å². The van der Waals surface area contributed by atoms with Crippen molar-refractivity contribution in [1.29, 1.82) is 0 Å². The number of benzene rings is 2. The van der Waals surface area contributed by atoms with E-state index in [4.69, 9.17) is 5.14 Å². The summed E-state index contributed by atoms with van der Waals surface area (Å²) in [5.41, 5.74) is 3.02. The number of hydrogen-bond donors (Lipinski definition) is 1. The molecule has 0 saturated heterocycles. The fourth-order valence-corrected chi connectivity index (χ4v) is 3.45. The molecule has 120 valence electrons. The Morgan fingerprint density at radius 1 is 0.913 bits per heavy atom. The number of halogens is 2. The molecule has 2 aromatic rings. The van der Waals surface area contributed by atoms with Crippen molar-refractivity contribution in [2.24, 2.45) is 5.14 Å². The Hall–Kier alpha value is -2.05. The van der Waals surface area contributed by atoms with Gasteiger partial charge in [0.1, 0.15) is 11.6 Å². The zero-order chi connectivity index (χ0) is 16.6. The molecule has 0 amide bonds. The SMILES string of the molecule is NS(=O)(=O)c1ccc(C2=C(c3ccc(F)cc3F)CCC2)cc1. The van der Waals surface area contributed by atoms with Crippen LogP contribution in [0.4, 0.5) is 8.78 Å². The Labute approximate surface area is 133 Å². The largest absolute Gasteiger partial charge is 0.238 e. The highest BCUT2D eigenvalue weighted by molar-refractivity contribution is 7.89. The van der Waals surface area contributed by atoms with Gasteiger partial charge < -0.3 is 0 Å². The van der Waals surface area contributed by atoms with Crippen molar-refractivity contribution in [3.8, 4) is 0 Å². The van der Waals surface area contributed by atoms with Crippen molar-refractivity contribution in [3.63, 3.8) is 0 Å². The van der Waals surface area contributed by atoms with Crippen molar-refractivity contribution >= 4 is 21.2 Å². The molecule has 0 radical (unpaired) electrons. The summed E-state index contributed by atoms with van der Waals surface area (Å²) >= 11 is 0. The number of rotatable bonds is 3. The van der Waals surface area contributed by atoms with Crippen LogP contribution in [0.5, 0.6) is 0 Å². The number of nitrogens with two attached hydrogens (primary N) is 1. The van der Waals surface area contributed by atoms with Crippen molar-refractivity contribution in [3.05, 3.63) is 65.2 Å². The molecule has 0 bridgehead atoms. The molecule has 0 saturated carbocycles. The highest BCUT2D eigenvalue weighted by Crippen LogP contribution is 2.40. The minimum atomic E-state index is -3.74. The molecule has 3 nitrogen and oxygen atoms in total. The van der Waals surface area contributed by atoms with E-state index in [-0.39, 0.29) is 4.90 Å². The Balaban J connectivity index is 2.06. The van der Waals surface area contributed by atoms with Crippen LogP contribution in [-0.2, 0) is 10.0 Å². The van der Waals surface area contributed by atoms with Crippen LogP contribution in [0.2, 0.25) is 0 Å². The second-order valence-corrected chi connectivity index (χ2v) is 7.07. The van der Waals surface area contributed by atoms with Gasteiger partial charge in [0.2, 0.25) is 10.0 Å². The summed E-state index contributed by atoms with van der Waals surface area (Å²) in [4.78, 5) is 0.0364. The van der Waals surface area contributed by atoms with Crippen LogP contribution in [0.1, 0.15) is 30.4 Å². The number of sulfonamides is 1. The van der Waals surface area contributed by atoms with Crippen LogP contribution in [-0.4, -0.2) is 8.42 Å². The first kappa shape index (κ1) is 15.8. The predicted octanol–water partition coefficient (Wildman–Crippen LogP) is 3.71. The topological polar surface area (TPSA) is 60.2 Å². The molecule has 0 spiro atoms. The van der Waals surface area contributed by atoms with Crippen molar-refractivity contribution in [2.75, 3.05) is 0 Å². The average molecular weight is 335 g/mol. The summed E-state index contributed by atoms with van der Waals surface area (Å²) in [6.45, 7) is 0. The summed E-state index contributed by atoms with van der Waals surface area (Å²) in [6.07, 6.45) is 2.34. The van der Waals surface area contributed by atoms with E-state index in [1.807, 2.05) is 0 Å². The molecule has 1 aliphatic rings. The minimum Gasteiger partial charge on any atom is -0.225 e. The van der Waals surface area contributed by atoms with Gasteiger partial charge in [0, 0.05) is 11.6 Å². The molecule has 1 aliphatic carbocycles. The summed E-state index contributed by atoms with van der Waals surface area (Å²) in [5.74, 6) is -1.19. The molecule has 0 heterocycles. The zero-order valence-corrected chi connectivity index (χ0v) is 13.0. The smallest absolute Gasteiger partial charge is 0.225 e. The number of primary sulfonamides is 1. The van der Waals surface area contributed by atoms with Gasteiger partial charge in [-0.05, 0) is 60.2 Å². The third-order valence-electron chi connectivity index (χ3n) is 4.01. The van der Waals surface area contributed by atoms with Gasteiger partial charge in [0.05, 0.1) is 4.90 Å². The van der Waals surface area contributed by atoms with Crippen LogP contribution in [0.25, 0.3) is 11.1 Å². The van der Waals surface area contributed by atoms with E-state index in [0.29, 0.717) is 12.0 Å². The molecule has 6 heteroatoms. The van der Waals surface area contributed by atoms with E-state index in [0.717, 1.165) is 35.6 Å². The van der Waals surface area contributed by atoms with Gasteiger partial charge in [-0.3, -0.25) is 0 Å². The monoisotopic (exact) mass is 335 g/mol. The van der Waals surface area contributed by atoms with Gasteiger partial charge in [-0.1, -0.05) is 12.1 Å². The van der Waals surface area contributed by atoms with Crippen molar-refractivity contribution < 1.29 is 17.2 Å².